The van der Waals surface area contributed by atoms with Crippen molar-refractivity contribution in [3.63, 3.8) is 0 Å². The van der Waals surface area contributed by atoms with Crippen LogP contribution in [0.5, 0.6) is 0 Å². The van der Waals surface area contributed by atoms with Gasteiger partial charge in [0.15, 0.2) is 0 Å². The third-order valence-corrected chi connectivity index (χ3v) is 6.23. The molecule has 1 atom stereocenters. The molecule has 0 aromatic heterocycles. The molecule has 202 valence electrons. The average Bonchev–Trinajstić information content (AvgIpc) is 2.81. The molecule has 6 nitrogen and oxygen atoms in total. The zero-order valence-electron chi connectivity index (χ0n) is 23.1. The SMILES string of the molecule is CCCCCCCCCCCCCCCCCOC(=O)[C@H](CC(C)C)N(C)C(=O)OCCOC. The minimum Gasteiger partial charge on any atom is -0.464 e. The van der Waals surface area contributed by atoms with Crippen LogP contribution in [-0.2, 0) is 19.0 Å². The Morgan fingerprint density at radius 1 is 0.676 bits per heavy atom. The molecule has 0 aromatic rings. The molecule has 0 aliphatic carbocycles. The van der Waals surface area contributed by atoms with E-state index in [1.807, 2.05) is 13.8 Å². The van der Waals surface area contributed by atoms with Crippen molar-refractivity contribution in [3.05, 3.63) is 0 Å². The van der Waals surface area contributed by atoms with Crippen molar-refractivity contribution in [2.75, 3.05) is 34.0 Å². The van der Waals surface area contributed by atoms with Gasteiger partial charge in [-0.3, -0.25) is 4.90 Å². The third kappa shape index (κ3) is 19.1. The number of unbranched alkanes of at least 4 members (excludes halogenated alkanes) is 14. The normalized spacial score (nSPS) is 12.1. The lowest BCUT2D eigenvalue weighted by Crippen LogP contribution is -2.44. The van der Waals surface area contributed by atoms with Crippen LogP contribution in [0.2, 0.25) is 0 Å². The summed E-state index contributed by atoms with van der Waals surface area (Å²) < 4.78 is 15.5. The van der Waals surface area contributed by atoms with Gasteiger partial charge in [-0.2, -0.15) is 0 Å². The summed E-state index contributed by atoms with van der Waals surface area (Å²) in [4.78, 5) is 26.2. The lowest BCUT2D eigenvalue weighted by Gasteiger charge is -2.27. The first-order valence-electron chi connectivity index (χ1n) is 14.0. The van der Waals surface area contributed by atoms with Gasteiger partial charge in [0.1, 0.15) is 12.6 Å². The van der Waals surface area contributed by atoms with Crippen LogP contribution >= 0.6 is 0 Å². The summed E-state index contributed by atoms with van der Waals surface area (Å²) in [6.07, 6.45) is 19.6. The minimum atomic E-state index is -0.619. The van der Waals surface area contributed by atoms with E-state index in [-0.39, 0.29) is 18.5 Å². The molecule has 0 bridgehead atoms. The predicted molar refractivity (Wildman–Crippen MR) is 140 cm³/mol. The van der Waals surface area contributed by atoms with Gasteiger partial charge in [-0.15, -0.1) is 0 Å². The Hall–Kier alpha value is -1.30. The zero-order chi connectivity index (χ0) is 25.4. The van der Waals surface area contributed by atoms with E-state index in [1.165, 1.54) is 88.4 Å². The third-order valence-electron chi connectivity index (χ3n) is 6.23. The van der Waals surface area contributed by atoms with Crippen LogP contribution in [0.15, 0.2) is 0 Å². The van der Waals surface area contributed by atoms with Crippen molar-refractivity contribution in [2.45, 2.75) is 130 Å². The van der Waals surface area contributed by atoms with E-state index >= 15 is 0 Å². The molecular weight excluding hydrogens is 430 g/mol. The summed E-state index contributed by atoms with van der Waals surface area (Å²) in [5.74, 6) is -0.0807. The number of carbonyl (C=O) groups is 2. The summed E-state index contributed by atoms with van der Waals surface area (Å²) in [7, 11) is 3.14. The quantitative estimate of drug-likeness (QED) is 0.110. The van der Waals surface area contributed by atoms with Crippen LogP contribution in [0.3, 0.4) is 0 Å². The molecule has 1 amide bonds. The molecule has 0 heterocycles. The first kappa shape index (κ1) is 32.7. The van der Waals surface area contributed by atoms with Gasteiger partial charge < -0.3 is 14.2 Å². The van der Waals surface area contributed by atoms with Gasteiger partial charge in [-0.25, -0.2) is 9.59 Å². The maximum atomic E-state index is 12.6. The van der Waals surface area contributed by atoms with Gasteiger partial charge in [-0.05, 0) is 18.8 Å². The first-order valence-corrected chi connectivity index (χ1v) is 14.0. The lowest BCUT2D eigenvalue weighted by molar-refractivity contribution is -0.149. The van der Waals surface area contributed by atoms with Crippen molar-refractivity contribution in [3.8, 4) is 0 Å². The van der Waals surface area contributed by atoms with E-state index in [2.05, 4.69) is 6.92 Å². The summed E-state index contributed by atoms with van der Waals surface area (Å²) >= 11 is 0. The van der Waals surface area contributed by atoms with Gasteiger partial charge in [-0.1, -0.05) is 111 Å². The summed E-state index contributed by atoms with van der Waals surface area (Å²) in [5.41, 5.74) is 0. The molecule has 0 fully saturated rings. The highest BCUT2D eigenvalue weighted by atomic mass is 16.6. The number of hydrogen-bond acceptors (Lipinski definition) is 5. The van der Waals surface area contributed by atoms with Crippen molar-refractivity contribution in [2.24, 2.45) is 5.92 Å². The van der Waals surface area contributed by atoms with Gasteiger partial charge in [0.2, 0.25) is 0 Å². The maximum Gasteiger partial charge on any atom is 0.410 e. The molecule has 0 radical (unpaired) electrons. The first-order chi connectivity index (χ1) is 16.4. The van der Waals surface area contributed by atoms with Crippen molar-refractivity contribution in [1.29, 1.82) is 0 Å². The van der Waals surface area contributed by atoms with E-state index in [9.17, 15) is 9.59 Å². The van der Waals surface area contributed by atoms with E-state index in [1.54, 1.807) is 14.2 Å². The predicted octanol–water partition coefficient (Wildman–Crippen LogP) is 7.53. The molecule has 34 heavy (non-hydrogen) atoms. The monoisotopic (exact) mass is 485 g/mol. The molecule has 0 aliphatic rings. The molecule has 0 saturated carbocycles. The van der Waals surface area contributed by atoms with Gasteiger partial charge >= 0.3 is 12.1 Å². The van der Waals surface area contributed by atoms with E-state index < -0.39 is 12.1 Å². The molecule has 0 aliphatic heterocycles. The summed E-state index contributed by atoms with van der Waals surface area (Å²) in [6, 6.07) is -0.619. The number of esters is 1. The molecule has 0 saturated heterocycles. The van der Waals surface area contributed by atoms with Crippen LogP contribution in [0.4, 0.5) is 4.79 Å². The van der Waals surface area contributed by atoms with Crippen LogP contribution < -0.4 is 0 Å². The average molecular weight is 486 g/mol. The number of likely N-dealkylation sites (N-methyl/N-ethyl adjacent to an activating group) is 1. The Balaban J connectivity index is 3.82. The summed E-state index contributed by atoms with van der Waals surface area (Å²) in [6.45, 7) is 7.24. The second kappa shape index (κ2) is 23.4. The smallest absolute Gasteiger partial charge is 0.410 e. The zero-order valence-corrected chi connectivity index (χ0v) is 23.1. The van der Waals surface area contributed by atoms with Gasteiger partial charge in [0.05, 0.1) is 13.2 Å². The highest BCUT2D eigenvalue weighted by Crippen LogP contribution is 2.15. The second-order valence-electron chi connectivity index (χ2n) is 9.98. The molecule has 0 rings (SSSR count). The number of nitrogens with zero attached hydrogens (tertiary/aromatic N) is 1. The number of hydrogen-bond donors (Lipinski definition) is 0. The molecule has 0 N–H and O–H groups in total. The molecule has 6 heteroatoms. The Bertz CT molecular complexity index is 483. The van der Waals surface area contributed by atoms with Crippen LogP contribution in [0, 0.1) is 5.92 Å². The van der Waals surface area contributed by atoms with Crippen molar-refractivity contribution in [1.82, 2.24) is 4.90 Å². The summed E-state index contributed by atoms with van der Waals surface area (Å²) in [5, 5.41) is 0. The molecule has 0 spiro atoms. The Morgan fingerprint density at radius 3 is 1.59 bits per heavy atom. The molecular formula is C28H55NO5. The van der Waals surface area contributed by atoms with Crippen LogP contribution in [-0.4, -0.2) is 57.0 Å². The highest BCUT2D eigenvalue weighted by molar-refractivity contribution is 5.81. The molecule has 0 aromatic carbocycles. The number of rotatable bonds is 23. The van der Waals surface area contributed by atoms with E-state index in [0.717, 1.165) is 12.8 Å². The standard InChI is InChI=1S/C28H55NO5/c1-6-7-8-9-10-11-12-13-14-15-16-17-18-19-20-21-33-27(30)26(24-25(2)3)29(4)28(31)34-23-22-32-5/h25-26H,6-24H2,1-5H3/t26-/m0/s1. The number of methoxy groups -OCH3 is 1. The fourth-order valence-corrected chi connectivity index (χ4v) is 4.04. The van der Waals surface area contributed by atoms with Crippen molar-refractivity contribution >= 4 is 12.1 Å². The van der Waals surface area contributed by atoms with Gasteiger partial charge in [0.25, 0.3) is 0 Å². The number of ether oxygens (including phenoxy) is 3. The molecule has 0 unspecified atom stereocenters. The van der Waals surface area contributed by atoms with Crippen LogP contribution in [0.1, 0.15) is 124 Å². The largest absolute Gasteiger partial charge is 0.464 e. The number of carbonyl (C=O) groups excluding carboxylic acids is 2. The van der Waals surface area contributed by atoms with E-state index in [0.29, 0.717) is 19.6 Å². The Labute approximate surface area is 210 Å². The fourth-order valence-electron chi connectivity index (χ4n) is 4.04. The Kier molecular flexibility index (Phi) is 22.5. The topological polar surface area (TPSA) is 65.1 Å². The highest BCUT2D eigenvalue weighted by Gasteiger charge is 2.30. The van der Waals surface area contributed by atoms with E-state index in [4.69, 9.17) is 14.2 Å². The number of amides is 1. The Morgan fingerprint density at radius 2 is 1.15 bits per heavy atom. The lowest BCUT2D eigenvalue weighted by atomic mass is 10.0. The van der Waals surface area contributed by atoms with Gasteiger partial charge in [0, 0.05) is 14.2 Å². The minimum absolute atomic E-state index is 0.169. The van der Waals surface area contributed by atoms with Crippen LogP contribution in [0.25, 0.3) is 0 Å². The fraction of sp³-hybridized carbons (Fsp3) is 0.929. The van der Waals surface area contributed by atoms with Crippen molar-refractivity contribution < 1.29 is 23.8 Å². The second-order valence-corrected chi connectivity index (χ2v) is 9.98. The maximum absolute atomic E-state index is 12.6.